The summed E-state index contributed by atoms with van der Waals surface area (Å²) in [6.45, 7) is 5.37. The summed E-state index contributed by atoms with van der Waals surface area (Å²) >= 11 is 5.19. The number of allylic oxidation sites excluding steroid dienone is 1. The predicted octanol–water partition coefficient (Wildman–Crippen LogP) is 2.22. The predicted molar refractivity (Wildman–Crippen MR) is 93.3 cm³/mol. The first-order valence-electron chi connectivity index (χ1n) is 7.51. The van der Waals surface area contributed by atoms with Crippen molar-refractivity contribution < 1.29 is 19.1 Å². The Bertz CT molecular complexity index is 695. The Kier molecular flexibility index (Phi) is 5.56. The highest BCUT2D eigenvalue weighted by molar-refractivity contribution is 7.80. The van der Waals surface area contributed by atoms with Crippen LogP contribution in [-0.4, -0.2) is 30.3 Å². The van der Waals surface area contributed by atoms with E-state index in [-0.39, 0.29) is 6.10 Å². The summed E-state index contributed by atoms with van der Waals surface area (Å²) in [6.07, 6.45) is -0.228. The number of rotatable bonds is 4. The van der Waals surface area contributed by atoms with Crippen molar-refractivity contribution in [1.82, 2.24) is 10.6 Å². The van der Waals surface area contributed by atoms with E-state index in [9.17, 15) is 9.59 Å². The fourth-order valence-corrected chi connectivity index (χ4v) is 2.69. The number of ether oxygens (including phenoxy) is 2. The molecule has 7 heteroatoms. The zero-order valence-electron chi connectivity index (χ0n) is 14.0. The lowest BCUT2D eigenvalue weighted by Gasteiger charge is -2.30. The second-order valence-corrected chi connectivity index (χ2v) is 6.05. The molecule has 1 aliphatic rings. The average molecular weight is 348 g/mol. The maximum atomic E-state index is 12.5. The van der Waals surface area contributed by atoms with Gasteiger partial charge in [0.15, 0.2) is 5.11 Å². The molecule has 1 unspecified atom stereocenters. The molecule has 0 aliphatic carbocycles. The van der Waals surface area contributed by atoms with E-state index in [2.05, 4.69) is 10.6 Å². The molecule has 1 aromatic rings. The van der Waals surface area contributed by atoms with Crippen LogP contribution in [0.3, 0.4) is 0 Å². The zero-order valence-corrected chi connectivity index (χ0v) is 14.8. The first-order chi connectivity index (χ1) is 11.3. The second kappa shape index (κ2) is 7.44. The van der Waals surface area contributed by atoms with Gasteiger partial charge in [0.1, 0.15) is 0 Å². The van der Waals surface area contributed by atoms with E-state index in [1.807, 2.05) is 0 Å². The fraction of sp³-hybridized carbons (Fsp3) is 0.353. The third-order valence-electron chi connectivity index (χ3n) is 3.50. The summed E-state index contributed by atoms with van der Waals surface area (Å²) in [4.78, 5) is 24.0. The number of thiocarbonyl (C=S) groups is 1. The molecule has 1 atom stereocenters. The van der Waals surface area contributed by atoms with Crippen molar-refractivity contribution in [2.75, 3.05) is 7.11 Å². The van der Waals surface area contributed by atoms with Crippen LogP contribution in [0.1, 0.15) is 42.7 Å². The van der Waals surface area contributed by atoms with Gasteiger partial charge in [-0.3, -0.25) is 0 Å². The summed E-state index contributed by atoms with van der Waals surface area (Å²) in [5.41, 5.74) is 2.33. The van der Waals surface area contributed by atoms with E-state index in [0.29, 0.717) is 21.9 Å². The Morgan fingerprint density at radius 2 is 1.79 bits per heavy atom. The number of nitrogens with one attached hydrogen (secondary N) is 2. The molecule has 1 heterocycles. The molecule has 0 fully saturated rings. The van der Waals surface area contributed by atoms with Crippen LogP contribution in [0.2, 0.25) is 0 Å². The summed E-state index contributed by atoms with van der Waals surface area (Å²) in [6, 6.07) is 6.36. The number of carbonyl (C=O) groups excluding carboxylic acids is 2. The Morgan fingerprint density at radius 3 is 2.33 bits per heavy atom. The zero-order chi connectivity index (χ0) is 17.9. The van der Waals surface area contributed by atoms with Gasteiger partial charge < -0.3 is 20.1 Å². The molecular weight excluding hydrogens is 328 g/mol. The van der Waals surface area contributed by atoms with Gasteiger partial charge >= 0.3 is 11.9 Å². The molecule has 24 heavy (non-hydrogen) atoms. The molecule has 0 radical (unpaired) electrons. The van der Waals surface area contributed by atoms with Crippen LogP contribution in [0, 0.1) is 0 Å². The Balaban J connectivity index is 2.37. The quantitative estimate of drug-likeness (QED) is 0.638. The number of hydrogen-bond acceptors (Lipinski definition) is 5. The van der Waals surface area contributed by atoms with Crippen LogP contribution >= 0.6 is 12.2 Å². The number of carbonyl (C=O) groups is 2. The molecule has 128 valence electrons. The number of esters is 2. The highest BCUT2D eigenvalue weighted by Crippen LogP contribution is 2.28. The molecule has 0 amide bonds. The molecule has 2 N–H and O–H groups in total. The van der Waals surface area contributed by atoms with Crippen LogP contribution in [0.4, 0.5) is 0 Å². The number of hydrogen-bond donors (Lipinski definition) is 2. The van der Waals surface area contributed by atoms with Gasteiger partial charge in [-0.25, -0.2) is 9.59 Å². The Labute approximate surface area is 146 Å². The summed E-state index contributed by atoms with van der Waals surface area (Å²) in [7, 11) is 1.33. The summed E-state index contributed by atoms with van der Waals surface area (Å²) in [5.74, 6) is -0.825. The van der Waals surface area contributed by atoms with Crippen molar-refractivity contribution in [2.45, 2.75) is 32.9 Å². The Hall–Kier alpha value is -2.41. The monoisotopic (exact) mass is 348 g/mol. The van der Waals surface area contributed by atoms with Crippen molar-refractivity contribution in [3.8, 4) is 0 Å². The lowest BCUT2D eigenvalue weighted by molar-refractivity contribution is -0.143. The van der Waals surface area contributed by atoms with Crippen LogP contribution in [0.25, 0.3) is 0 Å². The molecule has 0 aromatic heterocycles. The van der Waals surface area contributed by atoms with Gasteiger partial charge in [-0.1, -0.05) is 12.1 Å². The van der Waals surface area contributed by atoms with Crippen molar-refractivity contribution in [3.05, 3.63) is 46.7 Å². The van der Waals surface area contributed by atoms with Crippen molar-refractivity contribution in [3.63, 3.8) is 0 Å². The lowest BCUT2D eigenvalue weighted by Crippen LogP contribution is -2.45. The molecular formula is C17H20N2O4S. The lowest BCUT2D eigenvalue weighted by atomic mass is 9.95. The van der Waals surface area contributed by atoms with Gasteiger partial charge in [-0.15, -0.1) is 0 Å². The van der Waals surface area contributed by atoms with E-state index >= 15 is 0 Å². The Morgan fingerprint density at radius 1 is 1.17 bits per heavy atom. The minimum absolute atomic E-state index is 0.228. The van der Waals surface area contributed by atoms with Crippen LogP contribution in [0.5, 0.6) is 0 Å². The highest BCUT2D eigenvalue weighted by atomic mass is 32.1. The van der Waals surface area contributed by atoms with E-state index in [1.54, 1.807) is 45.0 Å². The second-order valence-electron chi connectivity index (χ2n) is 5.64. The maximum absolute atomic E-state index is 12.5. The summed E-state index contributed by atoms with van der Waals surface area (Å²) in [5, 5.41) is 6.45. The highest BCUT2D eigenvalue weighted by Gasteiger charge is 2.31. The summed E-state index contributed by atoms with van der Waals surface area (Å²) < 4.78 is 10.0. The van der Waals surface area contributed by atoms with Crippen molar-refractivity contribution in [1.29, 1.82) is 0 Å². The van der Waals surface area contributed by atoms with Gasteiger partial charge in [0.2, 0.25) is 0 Å². The first kappa shape index (κ1) is 17.9. The smallest absolute Gasteiger partial charge is 0.338 e. The third kappa shape index (κ3) is 3.91. The molecule has 0 saturated carbocycles. The van der Waals surface area contributed by atoms with Gasteiger partial charge in [0, 0.05) is 5.70 Å². The fourth-order valence-electron chi connectivity index (χ4n) is 2.42. The van der Waals surface area contributed by atoms with Gasteiger partial charge in [0.05, 0.1) is 30.4 Å². The minimum atomic E-state index is -0.448. The molecule has 1 aromatic carbocycles. The normalized spacial score (nSPS) is 17.2. The van der Waals surface area contributed by atoms with Gasteiger partial charge in [-0.05, 0) is 50.7 Å². The largest absolute Gasteiger partial charge is 0.465 e. The number of methoxy groups -OCH3 is 1. The van der Waals surface area contributed by atoms with E-state index in [4.69, 9.17) is 21.7 Å². The SMILES string of the molecule is COC(=O)c1ccc(C2NC(=S)NC(C)=C2C(=O)OC(C)C)cc1. The maximum Gasteiger partial charge on any atom is 0.338 e. The number of benzene rings is 1. The van der Waals surface area contributed by atoms with E-state index in [0.717, 1.165) is 5.56 Å². The van der Waals surface area contributed by atoms with Gasteiger partial charge in [0.25, 0.3) is 0 Å². The minimum Gasteiger partial charge on any atom is -0.465 e. The standard InChI is InChI=1S/C17H20N2O4S/c1-9(2)23-16(21)13-10(3)18-17(24)19-14(13)11-5-7-12(8-6-11)15(20)22-4/h5-9,14H,1-4H3,(H2,18,19,24). The molecule has 1 aliphatic heterocycles. The van der Waals surface area contributed by atoms with Crippen LogP contribution in [-0.2, 0) is 14.3 Å². The van der Waals surface area contributed by atoms with Crippen LogP contribution in [0.15, 0.2) is 35.5 Å². The molecule has 0 spiro atoms. The van der Waals surface area contributed by atoms with Gasteiger partial charge in [-0.2, -0.15) is 0 Å². The van der Waals surface area contributed by atoms with E-state index in [1.165, 1.54) is 7.11 Å². The molecule has 6 nitrogen and oxygen atoms in total. The van der Waals surface area contributed by atoms with Crippen molar-refractivity contribution >= 4 is 29.3 Å². The van der Waals surface area contributed by atoms with Crippen molar-refractivity contribution in [2.24, 2.45) is 0 Å². The first-order valence-corrected chi connectivity index (χ1v) is 7.91. The average Bonchev–Trinajstić information content (AvgIpc) is 2.52. The molecule has 2 rings (SSSR count). The molecule has 0 saturated heterocycles. The van der Waals surface area contributed by atoms with Crippen LogP contribution < -0.4 is 10.6 Å². The third-order valence-corrected chi connectivity index (χ3v) is 3.72. The topological polar surface area (TPSA) is 76.7 Å². The molecule has 0 bridgehead atoms. The van der Waals surface area contributed by atoms with E-state index < -0.39 is 18.0 Å².